The number of halogens is 1. The maximum Gasteiger partial charge on any atom is 0.264 e. The van der Waals surface area contributed by atoms with Crippen molar-refractivity contribution in [3.8, 4) is 16.9 Å². The number of carbonyl (C=O) groups is 6. The standard InChI is InChI=1S/C50H53FN8O7S/c51-34-14-18-41(60)38(29-34)44(46(63)55-50-53-21-27-67-50)58-30-33-11-10-32(28-37(33)47(58)64)31-12-15-35(16-13-31)57-25-23-56(24-26-57)22-6-4-2-1-3-5-20-52-39-9-7-8-36-43(39)49(66)59(48(36)65)40-17-19-42(61)54-45(40)62/h9-16,18,21,27-29,40,44,52,60H,1-8,17,19-20,22-26,30H2,(H,53,55,63)(H,54,61,62)/t40-,44?/m0/s1. The molecule has 5 aliphatic rings. The van der Waals surface area contributed by atoms with E-state index in [2.05, 4.69) is 55.0 Å². The van der Waals surface area contributed by atoms with Gasteiger partial charge in [0.05, 0.1) is 5.57 Å². The molecule has 0 saturated carbocycles. The Morgan fingerprint density at radius 1 is 0.866 bits per heavy atom. The highest BCUT2D eigenvalue weighted by atomic mass is 32.1. The van der Waals surface area contributed by atoms with Crippen molar-refractivity contribution >= 4 is 57.6 Å². The third-order valence-corrected chi connectivity index (χ3v) is 14.0. The number of nitrogens with one attached hydrogen (secondary N) is 3. The Morgan fingerprint density at radius 2 is 1.63 bits per heavy atom. The number of rotatable bonds is 17. The summed E-state index contributed by atoms with van der Waals surface area (Å²) in [5.41, 5.74) is 5.61. The van der Waals surface area contributed by atoms with Crippen molar-refractivity contribution in [3.05, 3.63) is 118 Å². The van der Waals surface area contributed by atoms with E-state index in [-0.39, 0.29) is 36.6 Å². The zero-order valence-corrected chi connectivity index (χ0v) is 37.9. The quantitative estimate of drug-likeness (QED) is 0.0700. The van der Waals surface area contributed by atoms with Gasteiger partial charge in [0.25, 0.3) is 23.6 Å². The first-order valence-corrected chi connectivity index (χ1v) is 24.0. The Hall–Kier alpha value is -6.72. The largest absolute Gasteiger partial charge is 0.508 e. The molecule has 348 valence electrons. The third kappa shape index (κ3) is 9.74. The first-order chi connectivity index (χ1) is 32.5. The molecule has 1 aromatic heterocycles. The Morgan fingerprint density at radius 3 is 2.39 bits per heavy atom. The number of phenolic OH excluding ortho intramolecular Hbond substituents is 1. The minimum atomic E-state index is -1.30. The number of nitrogens with zero attached hydrogens (tertiary/aromatic N) is 5. The molecule has 5 heterocycles. The summed E-state index contributed by atoms with van der Waals surface area (Å²) in [6, 6.07) is 15.1. The van der Waals surface area contributed by atoms with Gasteiger partial charge in [-0.15, -0.1) is 11.3 Å². The summed E-state index contributed by atoms with van der Waals surface area (Å²) in [6.45, 7) is 5.70. The molecule has 4 N–H and O–H groups in total. The maximum absolute atomic E-state index is 14.4. The number of aromatic hydroxyl groups is 1. The number of hydrogen-bond acceptors (Lipinski definition) is 12. The number of benzene rings is 3. The number of fused-ring (bicyclic) bond motifs is 1. The normalized spacial score (nSPS) is 19.1. The van der Waals surface area contributed by atoms with Crippen molar-refractivity contribution in [2.75, 3.05) is 49.5 Å². The zero-order valence-electron chi connectivity index (χ0n) is 37.1. The Kier molecular flexibility index (Phi) is 13.6. The van der Waals surface area contributed by atoms with Crippen LogP contribution < -0.4 is 20.9 Å². The number of imide groups is 2. The Bertz CT molecular complexity index is 2640. The molecule has 9 rings (SSSR count). The lowest BCUT2D eigenvalue weighted by Crippen LogP contribution is -2.54. The number of piperidine rings is 1. The van der Waals surface area contributed by atoms with Crippen molar-refractivity contribution in [3.63, 3.8) is 0 Å². The van der Waals surface area contributed by atoms with Gasteiger partial charge in [0, 0.05) is 85.4 Å². The van der Waals surface area contributed by atoms with E-state index in [1.54, 1.807) is 11.6 Å². The smallest absolute Gasteiger partial charge is 0.264 e. The van der Waals surface area contributed by atoms with Gasteiger partial charge in [0.15, 0.2) is 5.13 Å². The molecule has 2 atom stereocenters. The number of phenols is 1. The van der Waals surface area contributed by atoms with Crippen LogP contribution in [0.2, 0.25) is 0 Å². The molecular formula is C50H53FN8O7S. The summed E-state index contributed by atoms with van der Waals surface area (Å²) in [5.74, 6) is -3.78. The monoisotopic (exact) mass is 928 g/mol. The highest BCUT2D eigenvalue weighted by molar-refractivity contribution is 7.13. The van der Waals surface area contributed by atoms with Gasteiger partial charge in [-0.05, 0) is 91.7 Å². The van der Waals surface area contributed by atoms with Gasteiger partial charge in [0.1, 0.15) is 23.7 Å². The molecule has 3 aromatic carbocycles. The lowest BCUT2D eigenvalue weighted by molar-refractivity contribution is -0.150. The van der Waals surface area contributed by atoms with Crippen LogP contribution in [0.5, 0.6) is 5.75 Å². The summed E-state index contributed by atoms with van der Waals surface area (Å²) in [6.07, 6.45) is 11.4. The van der Waals surface area contributed by atoms with Crippen molar-refractivity contribution in [2.45, 2.75) is 82.8 Å². The molecule has 2 fully saturated rings. The Labute approximate surface area is 391 Å². The average molecular weight is 929 g/mol. The van der Waals surface area contributed by atoms with Gasteiger partial charge >= 0.3 is 0 Å². The number of anilines is 2. The number of amides is 6. The van der Waals surface area contributed by atoms with E-state index in [9.17, 15) is 38.3 Å². The molecule has 0 bridgehead atoms. The second kappa shape index (κ2) is 20.0. The van der Waals surface area contributed by atoms with Crippen molar-refractivity contribution in [2.24, 2.45) is 0 Å². The number of thiazole rings is 1. The van der Waals surface area contributed by atoms with E-state index < -0.39 is 47.4 Å². The van der Waals surface area contributed by atoms with Crippen LogP contribution in [0, 0.1) is 5.82 Å². The van der Waals surface area contributed by atoms with Gasteiger partial charge in [-0.1, -0.05) is 56.0 Å². The molecule has 1 aliphatic carbocycles. The zero-order chi connectivity index (χ0) is 46.6. The fourth-order valence-electron chi connectivity index (χ4n) is 9.79. The lowest BCUT2D eigenvalue weighted by Gasteiger charge is -2.36. The number of carbonyl (C=O) groups excluding carboxylic acids is 6. The summed E-state index contributed by atoms with van der Waals surface area (Å²) < 4.78 is 14.4. The highest BCUT2D eigenvalue weighted by Crippen LogP contribution is 2.39. The van der Waals surface area contributed by atoms with Crippen molar-refractivity contribution in [1.82, 2.24) is 30.3 Å². The second-order valence-electron chi connectivity index (χ2n) is 17.6. The van der Waals surface area contributed by atoms with Crippen LogP contribution in [-0.2, 0) is 30.5 Å². The number of piperazine rings is 1. The van der Waals surface area contributed by atoms with Gasteiger partial charge in [0.2, 0.25) is 11.8 Å². The molecule has 0 spiro atoms. The molecular weight excluding hydrogens is 876 g/mol. The molecule has 2 saturated heterocycles. The molecule has 1 unspecified atom stereocenters. The average Bonchev–Trinajstić information content (AvgIpc) is 4.03. The fourth-order valence-corrected chi connectivity index (χ4v) is 10.3. The summed E-state index contributed by atoms with van der Waals surface area (Å²) >= 11 is 1.21. The van der Waals surface area contributed by atoms with Crippen molar-refractivity contribution < 1.29 is 38.3 Å². The first-order valence-electron chi connectivity index (χ1n) is 23.1. The van der Waals surface area contributed by atoms with Crippen LogP contribution in [0.4, 0.5) is 15.2 Å². The van der Waals surface area contributed by atoms with Crippen LogP contribution in [0.15, 0.2) is 95.2 Å². The highest BCUT2D eigenvalue weighted by Gasteiger charge is 2.47. The van der Waals surface area contributed by atoms with Gasteiger partial charge in [-0.3, -0.25) is 49.2 Å². The van der Waals surface area contributed by atoms with E-state index in [0.717, 1.165) is 111 Å². The number of allylic oxidation sites excluding steroid dienone is 1. The van der Waals surface area contributed by atoms with Crippen LogP contribution in [0.1, 0.15) is 91.7 Å². The van der Waals surface area contributed by atoms with Crippen LogP contribution in [-0.4, -0.2) is 106 Å². The number of unbranched alkanes of at least 4 members (excludes halogenated alkanes) is 5. The van der Waals surface area contributed by atoms with Crippen LogP contribution in [0.3, 0.4) is 0 Å². The van der Waals surface area contributed by atoms with Gasteiger partial charge in [-0.25, -0.2) is 9.37 Å². The fraction of sp³-hybridized carbons (Fsp3) is 0.380. The summed E-state index contributed by atoms with van der Waals surface area (Å²) in [7, 11) is 0. The van der Waals surface area contributed by atoms with Gasteiger partial charge < -0.3 is 20.2 Å². The van der Waals surface area contributed by atoms with E-state index >= 15 is 0 Å². The number of hydrogen-bond donors (Lipinski definition) is 4. The predicted octanol–water partition coefficient (Wildman–Crippen LogP) is 6.19. The van der Waals surface area contributed by atoms with Crippen molar-refractivity contribution in [1.29, 1.82) is 0 Å². The van der Waals surface area contributed by atoms with E-state index in [4.69, 9.17) is 0 Å². The molecule has 4 aliphatic heterocycles. The molecule has 67 heavy (non-hydrogen) atoms. The van der Waals surface area contributed by atoms with E-state index in [1.165, 1.54) is 22.3 Å². The Balaban J connectivity index is 0.691. The topological polar surface area (TPSA) is 185 Å². The predicted molar refractivity (Wildman–Crippen MR) is 250 cm³/mol. The SMILES string of the molecule is O=C1CC[C@H](N2C(=O)C3=C(C2=O)C(NCCCCCCCCN2CCN(c4ccc(-c5ccc6c(c5)C(=O)N(C(C(=O)Nc5nccs5)c5cc(F)ccc5O)C6)cc4)CC2)=CCC3)C(=O)N1. The van der Waals surface area contributed by atoms with E-state index in [1.807, 2.05) is 24.3 Å². The summed E-state index contributed by atoms with van der Waals surface area (Å²) in [5, 5.41) is 21.1. The van der Waals surface area contributed by atoms with Gasteiger partial charge in [-0.2, -0.15) is 0 Å². The lowest BCUT2D eigenvalue weighted by atomic mass is 9.96. The third-order valence-electron chi connectivity index (χ3n) is 13.3. The maximum atomic E-state index is 14.4. The molecule has 6 amide bonds. The second-order valence-corrected chi connectivity index (χ2v) is 18.5. The minimum absolute atomic E-state index is 0.0115. The number of aromatic nitrogens is 1. The van der Waals surface area contributed by atoms with Crippen LogP contribution >= 0.6 is 11.3 Å². The minimum Gasteiger partial charge on any atom is -0.508 e. The summed E-state index contributed by atoms with van der Waals surface area (Å²) in [4.78, 5) is 89.7. The molecule has 17 heteroatoms. The first kappa shape index (κ1) is 45.4. The molecule has 4 aromatic rings. The molecule has 0 radical (unpaired) electrons. The van der Waals surface area contributed by atoms with E-state index in [0.29, 0.717) is 46.9 Å². The molecule has 15 nitrogen and oxygen atoms in total. The van der Waals surface area contributed by atoms with Crippen LogP contribution in [0.25, 0.3) is 11.1 Å².